The van der Waals surface area contributed by atoms with E-state index in [1.54, 1.807) is 0 Å². The molecule has 8 nitrogen and oxygen atoms in total. The van der Waals surface area contributed by atoms with Gasteiger partial charge >= 0.3 is 11.9 Å². The number of hydrogen-bond acceptors (Lipinski definition) is 8. The molecule has 4 aromatic rings. The van der Waals surface area contributed by atoms with Gasteiger partial charge in [-0.15, -0.1) is 23.5 Å². The van der Waals surface area contributed by atoms with E-state index in [0.717, 1.165) is 43.3 Å². The van der Waals surface area contributed by atoms with Crippen molar-refractivity contribution in [3.05, 3.63) is 59.2 Å². The van der Waals surface area contributed by atoms with Crippen LogP contribution in [0.5, 0.6) is 0 Å². The van der Waals surface area contributed by atoms with Gasteiger partial charge in [0.2, 0.25) is 0 Å². The van der Waals surface area contributed by atoms with Crippen molar-refractivity contribution in [2.45, 2.75) is 30.1 Å². The summed E-state index contributed by atoms with van der Waals surface area (Å²) in [5.41, 5.74) is 6.99. The Kier molecular flexibility index (Phi) is 8.76. The monoisotopic (exact) mass is 568 g/mol. The van der Waals surface area contributed by atoms with Crippen LogP contribution >= 0.6 is 23.5 Å². The summed E-state index contributed by atoms with van der Waals surface area (Å²) in [7, 11) is 7.99. The van der Waals surface area contributed by atoms with Crippen LogP contribution in [0.2, 0.25) is 0 Å². The fourth-order valence-corrected chi connectivity index (χ4v) is 6.46. The minimum atomic E-state index is -0.352. The maximum atomic E-state index is 13.2. The number of fused-ring (bicyclic) bond motifs is 2. The van der Waals surface area contributed by atoms with E-state index in [-0.39, 0.29) is 11.9 Å². The number of carbonyl (C=O) groups is 2. The standard InChI is InChI=1S/C29H36N4O4S2/c1-9-36-28(34)24-26(38-7)20(22-15-18(30(3)4)11-13-32(22)24)17-21-23-16-19(31(5)6)12-14-33(23)25(27(21)39-8)29(35)37-10-2/h11-16H,9-10,17H2,1-8H3. The Labute approximate surface area is 238 Å². The molecule has 0 bridgehead atoms. The number of anilines is 2. The van der Waals surface area contributed by atoms with Crippen molar-refractivity contribution >= 4 is 57.9 Å². The molecule has 0 unspecified atom stereocenters. The highest BCUT2D eigenvalue weighted by atomic mass is 32.2. The molecule has 4 aromatic heterocycles. The lowest BCUT2D eigenvalue weighted by atomic mass is 10.1. The molecule has 0 N–H and O–H groups in total. The van der Waals surface area contributed by atoms with E-state index in [0.29, 0.717) is 31.0 Å². The van der Waals surface area contributed by atoms with Crippen molar-refractivity contribution in [3.63, 3.8) is 0 Å². The predicted molar refractivity (Wildman–Crippen MR) is 162 cm³/mol. The zero-order chi connectivity index (χ0) is 28.4. The molecule has 4 heterocycles. The Morgan fingerprint density at radius 1 is 0.744 bits per heavy atom. The highest BCUT2D eigenvalue weighted by Gasteiger charge is 2.29. The van der Waals surface area contributed by atoms with Crippen molar-refractivity contribution < 1.29 is 19.1 Å². The summed E-state index contributed by atoms with van der Waals surface area (Å²) in [5.74, 6) is -0.704. The summed E-state index contributed by atoms with van der Waals surface area (Å²) in [4.78, 5) is 32.2. The molecule has 208 valence electrons. The Balaban J connectivity index is 2.06. The van der Waals surface area contributed by atoms with Gasteiger partial charge in [0, 0.05) is 68.2 Å². The average molecular weight is 569 g/mol. The van der Waals surface area contributed by atoms with Crippen molar-refractivity contribution in [3.8, 4) is 0 Å². The summed E-state index contributed by atoms with van der Waals surface area (Å²) in [6.45, 7) is 4.22. The molecule has 10 heteroatoms. The molecule has 0 saturated carbocycles. The first kappa shape index (κ1) is 28.8. The highest BCUT2D eigenvalue weighted by Crippen LogP contribution is 2.40. The molecular weight excluding hydrogens is 532 g/mol. The molecule has 0 aliphatic rings. The smallest absolute Gasteiger partial charge is 0.356 e. The maximum absolute atomic E-state index is 13.2. The van der Waals surface area contributed by atoms with Gasteiger partial charge in [-0.2, -0.15) is 0 Å². The molecule has 0 amide bonds. The van der Waals surface area contributed by atoms with Crippen molar-refractivity contribution in [2.75, 3.05) is 63.7 Å². The summed E-state index contributed by atoms with van der Waals surface area (Å²) >= 11 is 3.07. The second-order valence-electron chi connectivity index (χ2n) is 9.41. The molecule has 0 aromatic carbocycles. The van der Waals surface area contributed by atoms with E-state index in [1.807, 2.05) is 97.7 Å². The van der Waals surface area contributed by atoms with Crippen molar-refractivity contribution in [1.82, 2.24) is 8.80 Å². The van der Waals surface area contributed by atoms with E-state index < -0.39 is 0 Å². The molecule has 0 aliphatic carbocycles. The third-order valence-electron chi connectivity index (χ3n) is 6.69. The van der Waals surface area contributed by atoms with Gasteiger partial charge in [-0.05, 0) is 61.8 Å². The second-order valence-corrected chi connectivity index (χ2v) is 11.0. The number of pyridine rings is 2. The Morgan fingerprint density at radius 3 is 1.44 bits per heavy atom. The van der Waals surface area contributed by atoms with Crippen LogP contribution in [0.4, 0.5) is 11.4 Å². The first-order chi connectivity index (χ1) is 18.7. The van der Waals surface area contributed by atoms with E-state index in [1.165, 1.54) is 23.5 Å². The quantitative estimate of drug-likeness (QED) is 0.178. The van der Waals surface area contributed by atoms with Crippen LogP contribution in [0.25, 0.3) is 11.0 Å². The SMILES string of the molecule is CCOC(=O)c1c(SC)c(Cc2c(SC)c(C(=O)OCC)n3ccc(N(C)C)cc23)c2cc(N(C)C)ccn12. The summed E-state index contributed by atoms with van der Waals surface area (Å²) in [6, 6.07) is 8.19. The van der Waals surface area contributed by atoms with Crippen molar-refractivity contribution in [2.24, 2.45) is 0 Å². The summed E-state index contributed by atoms with van der Waals surface area (Å²) in [5, 5.41) is 0. The molecule has 0 radical (unpaired) electrons. The zero-order valence-electron chi connectivity index (χ0n) is 23.8. The second kappa shape index (κ2) is 11.9. The summed E-state index contributed by atoms with van der Waals surface area (Å²) < 4.78 is 14.8. The van der Waals surface area contributed by atoms with E-state index in [2.05, 4.69) is 12.1 Å². The van der Waals surface area contributed by atoms with Crippen LogP contribution in [-0.4, -0.2) is 74.7 Å². The number of nitrogens with zero attached hydrogens (tertiary/aromatic N) is 4. The van der Waals surface area contributed by atoms with Gasteiger partial charge in [0.25, 0.3) is 0 Å². The van der Waals surface area contributed by atoms with Crippen LogP contribution in [0.1, 0.15) is 46.0 Å². The van der Waals surface area contributed by atoms with Crippen LogP contribution in [0.15, 0.2) is 46.5 Å². The number of hydrogen-bond donors (Lipinski definition) is 0. The normalized spacial score (nSPS) is 11.3. The maximum Gasteiger partial charge on any atom is 0.356 e. The minimum absolute atomic E-state index is 0.294. The van der Waals surface area contributed by atoms with Gasteiger partial charge in [0.1, 0.15) is 11.4 Å². The fraction of sp³-hybridized carbons (Fsp3) is 0.379. The van der Waals surface area contributed by atoms with Gasteiger partial charge in [0.15, 0.2) is 0 Å². The Bertz CT molecular complexity index is 1420. The van der Waals surface area contributed by atoms with Crippen molar-refractivity contribution in [1.29, 1.82) is 0 Å². The lowest BCUT2D eigenvalue weighted by Crippen LogP contribution is -2.11. The van der Waals surface area contributed by atoms with Crippen LogP contribution < -0.4 is 9.80 Å². The summed E-state index contributed by atoms with van der Waals surface area (Å²) in [6.07, 6.45) is 8.35. The number of ether oxygens (including phenoxy) is 2. The molecule has 0 fully saturated rings. The number of aromatic nitrogens is 2. The molecule has 4 rings (SSSR count). The van der Waals surface area contributed by atoms with Crippen LogP contribution in [0, 0.1) is 0 Å². The first-order valence-electron chi connectivity index (χ1n) is 12.8. The molecule has 0 atom stereocenters. The number of carbonyl (C=O) groups excluding carboxylic acids is 2. The molecular formula is C29H36N4O4S2. The van der Waals surface area contributed by atoms with Gasteiger partial charge in [-0.25, -0.2) is 9.59 Å². The topological polar surface area (TPSA) is 67.9 Å². The largest absolute Gasteiger partial charge is 0.461 e. The zero-order valence-corrected chi connectivity index (χ0v) is 25.5. The molecule has 0 aliphatic heterocycles. The van der Waals surface area contributed by atoms with E-state index in [4.69, 9.17) is 9.47 Å². The Morgan fingerprint density at radius 2 is 1.13 bits per heavy atom. The van der Waals surface area contributed by atoms with Gasteiger partial charge in [-0.3, -0.25) is 0 Å². The van der Waals surface area contributed by atoms with E-state index in [9.17, 15) is 9.59 Å². The lowest BCUT2D eigenvalue weighted by molar-refractivity contribution is 0.0505. The molecule has 0 spiro atoms. The van der Waals surface area contributed by atoms with Gasteiger partial charge in [-0.1, -0.05) is 0 Å². The van der Waals surface area contributed by atoms with E-state index >= 15 is 0 Å². The third-order valence-corrected chi connectivity index (χ3v) is 8.38. The van der Waals surface area contributed by atoms with Crippen LogP contribution in [0.3, 0.4) is 0 Å². The minimum Gasteiger partial charge on any atom is -0.461 e. The molecule has 39 heavy (non-hydrogen) atoms. The first-order valence-corrected chi connectivity index (χ1v) is 15.2. The predicted octanol–water partition coefficient (Wildman–Crippen LogP) is 5.71. The Hall–Kier alpha value is -3.24. The number of thioether (sulfide) groups is 2. The number of esters is 2. The molecule has 0 saturated heterocycles. The highest BCUT2D eigenvalue weighted by molar-refractivity contribution is 7.99. The number of rotatable bonds is 10. The lowest BCUT2D eigenvalue weighted by Gasteiger charge is -2.14. The van der Waals surface area contributed by atoms with Gasteiger partial charge < -0.3 is 28.1 Å². The van der Waals surface area contributed by atoms with Crippen LogP contribution in [-0.2, 0) is 15.9 Å². The third kappa shape index (κ3) is 5.19. The van der Waals surface area contributed by atoms with Gasteiger partial charge in [0.05, 0.1) is 24.2 Å². The fourth-order valence-electron chi connectivity index (χ4n) is 4.87. The average Bonchev–Trinajstić information content (AvgIpc) is 3.40.